The van der Waals surface area contributed by atoms with Crippen LogP contribution in [0, 0.1) is 11.2 Å². The monoisotopic (exact) mass is 684 g/mol. The average molecular weight is 685 g/mol. The Kier molecular flexibility index (Phi) is 11.3. The fourth-order valence-corrected chi connectivity index (χ4v) is 5.83. The van der Waals surface area contributed by atoms with Gasteiger partial charge in [-0.15, -0.1) is 0 Å². The molecule has 1 aliphatic rings. The highest BCUT2D eigenvalue weighted by Crippen LogP contribution is 2.46. The third kappa shape index (κ3) is 8.06. The van der Waals surface area contributed by atoms with Crippen LogP contribution in [0.1, 0.15) is 66.8 Å². The molecule has 48 heavy (non-hydrogen) atoms. The highest BCUT2D eigenvalue weighted by atomic mass is 35.5. The summed E-state index contributed by atoms with van der Waals surface area (Å²) in [7, 11) is 2.93. The standard InChI is InChI=1S/C35H38ClFN2O9/c1-19(40)47-18-35(2,3)17-39-25-13-11-21(36)15-23(25)32(22-7-6-8-27(45-4)33(22)46-5)48-28(34(39)44)16-26(41)30-24(37)12-9-20(31(30)38)10-14-29(42)43/h6-9,11-13,15,28,32H,10,14,16-18,38H2,1-5H3,(H,42,43)/t28-,32-/m1/s1. The third-order valence-electron chi connectivity index (χ3n) is 7.92. The van der Waals surface area contributed by atoms with Gasteiger partial charge in [-0.25, -0.2) is 4.39 Å². The number of para-hydroxylation sites is 1. The lowest BCUT2D eigenvalue weighted by atomic mass is 9.92. The van der Waals surface area contributed by atoms with Crippen LogP contribution in [-0.2, 0) is 30.3 Å². The second kappa shape index (κ2) is 15.0. The summed E-state index contributed by atoms with van der Waals surface area (Å²) in [6, 6.07) is 12.4. The number of carbonyl (C=O) groups is 4. The molecule has 0 bridgehead atoms. The van der Waals surface area contributed by atoms with E-state index in [9.17, 15) is 19.2 Å². The van der Waals surface area contributed by atoms with Crippen molar-refractivity contribution in [2.24, 2.45) is 5.41 Å². The van der Waals surface area contributed by atoms with Crippen molar-refractivity contribution in [2.45, 2.75) is 52.2 Å². The summed E-state index contributed by atoms with van der Waals surface area (Å²) in [5.41, 5.74) is 6.42. The Morgan fingerprint density at radius 1 is 1.08 bits per heavy atom. The summed E-state index contributed by atoms with van der Waals surface area (Å²) in [5.74, 6) is -3.22. The van der Waals surface area contributed by atoms with Crippen LogP contribution < -0.4 is 20.1 Å². The molecule has 11 nitrogen and oxygen atoms in total. The number of ketones is 1. The molecule has 0 saturated heterocycles. The van der Waals surface area contributed by atoms with Gasteiger partial charge in [0, 0.05) is 59.2 Å². The SMILES string of the molecule is COc1cccc([C@H]2O[C@H](CC(=O)c3c(F)ccc(CCC(=O)O)c3N)C(=O)N(CC(C)(C)COC(C)=O)c3ccc(Cl)cc32)c1OC. The fraction of sp³-hybridized carbons (Fsp3) is 0.371. The molecule has 0 radical (unpaired) electrons. The number of rotatable bonds is 13. The Morgan fingerprint density at radius 2 is 1.81 bits per heavy atom. The molecule has 0 unspecified atom stereocenters. The third-order valence-corrected chi connectivity index (χ3v) is 8.15. The number of halogens is 2. The van der Waals surface area contributed by atoms with Crippen molar-refractivity contribution in [3.05, 3.63) is 81.6 Å². The van der Waals surface area contributed by atoms with Gasteiger partial charge in [-0.05, 0) is 42.3 Å². The molecule has 0 aliphatic carbocycles. The van der Waals surface area contributed by atoms with Gasteiger partial charge in [-0.3, -0.25) is 19.2 Å². The smallest absolute Gasteiger partial charge is 0.303 e. The first-order chi connectivity index (χ1) is 22.7. The molecule has 1 aliphatic heterocycles. The first-order valence-corrected chi connectivity index (χ1v) is 15.5. The van der Waals surface area contributed by atoms with E-state index in [0.717, 1.165) is 6.07 Å². The van der Waals surface area contributed by atoms with E-state index in [1.807, 2.05) is 13.8 Å². The number of nitrogens with two attached hydrogens (primary N) is 1. The normalized spacial score (nSPS) is 16.1. The molecule has 1 heterocycles. The number of esters is 1. The number of fused-ring (bicyclic) bond motifs is 1. The van der Waals surface area contributed by atoms with Gasteiger partial charge in [0.15, 0.2) is 17.3 Å². The summed E-state index contributed by atoms with van der Waals surface area (Å²) in [6.07, 6.45) is -3.43. The zero-order valence-corrected chi connectivity index (χ0v) is 28.1. The number of Topliss-reactive ketones (excluding diaryl/α,β-unsaturated/α-hetero) is 1. The molecule has 4 rings (SSSR count). The molecule has 3 N–H and O–H groups in total. The van der Waals surface area contributed by atoms with Crippen molar-refractivity contribution in [3.8, 4) is 11.5 Å². The van der Waals surface area contributed by atoms with E-state index < -0.39 is 59.1 Å². The number of carboxylic acids is 1. The van der Waals surface area contributed by atoms with Crippen molar-refractivity contribution < 1.29 is 47.6 Å². The molecular formula is C35H38ClFN2O9. The Balaban J connectivity index is 1.86. The number of nitrogens with zero attached hydrogens (tertiary/aromatic N) is 1. The van der Waals surface area contributed by atoms with E-state index in [2.05, 4.69) is 0 Å². The quantitative estimate of drug-likeness (QED) is 0.129. The maximum atomic E-state index is 15.2. The number of carbonyl (C=O) groups excluding carboxylic acids is 3. The van der Waals surface area contributed by atoms with Crippen LogP contribution in [-0.4, -0.2) is 62.2 Å². The molecule has 2 atom stereocenters. The minimum atomic E-state index is -1.48. The summed E-state index contributed by atoms with van der Waals surface area (Å²) in [5, 5.41) is 9.47. The summed E-state index contributed by atoms with van der Waals surface area (Å²) >= 11 is 6.49. The predicted octanol–water partition coefficient (Wildman–Crippen LogP) is 5.78. The number of nitrogen functional groups attached to an aromatic ring is 1. The number of anilines is 2. The maximum absolute atomic E-state index is 15.2. The number of methoxy groups -OCH3 is 2. The minimum absolute atomic E-state index is 0.0164. The highest BCUT2D eigenvalue weighted by Gasteiger charge is 2.41. The van der Waals surface area contributed by atoms with Crippen LogP contribution in [0.5, 0.6) is 11.5 Å². The lowest BCUT2D eigenvalue weighted by Gasteiger charge is -2.33. The fourth-order valence-electron chi connectivity index (χ4n) is 5.65. The summed E-state index contributed by atoms with van der Waals surface area (Å²) in [6.45, 7) is 4.92. The van der Waals surface area contributed by atoms with E-state index in [4.69, 9.17) is 41.4 Å². The molecule has 0 aromatic heterocycles. The predicted molar refractivity (Wildman–Crippen MR) is 176 cm³/mol. The molecular weight excluding hydrogens is 647 g/mol. The van der Waals surface area contributed by atoms with Crippen LogP contribution in [0.3, 0.4) is 0 Å². The Labute approximate surface area is 282 Å². The Hall–Kier alpha value is -4.68. The summed E-state index contributed by atoms with van der Waals surface area (Å²) < 4.78 is 38.2. The van der Waals surface area contributed by atoms with Gasteiger partial charge in [-0.2, -0.15) is 0 Å². The lowest BCUT2D eigenvalue weighted by Crippen LogP contribution is -2.46. The van der Waals surface area contributed by atoms with Crippen molar-refractivity contribution >= 4 is 46.6 Å². The zero-order valence-electron chi connectivity index (χ0n) is 27.3. The molecule has 3 aromatic rings. The molecule has 256 valence electrons. The van der Waals surface area contributed by atoms with Crippen LogP contribution in [0.2, 0.25) is 5.02 Å². The van der Waals surface area contributed by atoms with Gasteiger partial charge in [0.1, 0.15) is 18.0 Å². The molecule has 0 saturated carbocycles. The minimum Gasteiger partial charge on any atom is -0.493 e. The number of carboxylic acid groups (broad SMARTS) is 1. The molecule has 13 heteroatoms. The molecule has 1 amide bonds. The van der Waals surface area contributed by atoms with E-state index >= 15 is 4.39 Å². The van der Waals surface area contributed by atoms with Crippen LogP contribution in [0.15, 0.2) is 48.5 Å². The first-order valence-electron chi connectivity index (χ1n) is 15.1. The van der Waals surface area contributed by atoms with Crippen molar-refractivity contribution in [1.82, 2.24) is 0 Å². The van der Waals surface area contributed by atoms with Crippen molar-refractivity contribution in [1.29, 1.82) is 0 Å². The Morgan fingerprint density at radius 3 is 2.46 bits per heavy atom. The van der Waals surface area contributed by atoms with Gasteiger partial charge in [0.2, 0.25) is 0 Å². The van der Waals surface area contributed by atoms with E-state index in [-0.39, 0.29) is 37.2 Å². The molecule has 0 fully saturated rings. The average Bonchev–Trinajstić information content (AvgIpc) is 3.13. The lowest BCUT2D eigenvalue weighted by molar-refractivity contribution is -0.144. The maximum Gasteiger partial charge on any atom is 0.303 e. The van der Waals surface area contributed by atoms with E-state index in [0.29, 0.717) is 33.3 Å². The second-order valence-electron chi connectivity index (χ2n) is 12.2. The van der Waals surface area contributed by atoms with Gasteiger partial charge >= 0.3 is 11.9 Å². The number of amides is 1. The number of aryl methyl sites for hydroxylation is 1. The van der Waals surface area contributed by atoms with Crippen molar-refractivity contribution in [2.75, 3.05) is 38.0 Å². The van der Waals surface area contributed by atoms with Crippen LogP contribution in [0.25, 0.3) is 0 Å². The van der Waals surface area contributed by atoms with Gasteiger partial charge in [0.25, 0.3) is 5.91 Å². The first kappa shape index (κ1) is 36.2. The largest absolute Gasteiger partial charge is 0.493 e. The molecule has 3 aromatic carbocycles. The van der Waals surface area contributed by atoms with Crippen molar-refractivity contribution in [3.63, 3.8) is 0 Å². The number of ether oxygens (including phenoxy) is 4. The Bertz CT molecular complexity index is 1730. The van der Waals surface area contributed by atoms with Crippen LogP contribution in [0.4, 0.5) is 15.8 Å². The summed E-state index contributed by atoms with van der Waals surface area (Å²) in [4.78, 5) is 52.6. The van der Waals surface area contributed by atoms with Gasteiger partial charge in [-0.1, -0.05) is 43.6 Å². The van der Waals surface area contributed by atoms with Crippen LogP contribution >= 0.6 is 11.6 Å². The topological polar surface area (TPSA) is 155 Å². The van der Waals surface area contributed by atoms with Gasteiger partial charge < -0.3 is 34.7 Å². The number of aliphatic carboxylic acids is 1. The van der Waals surface area contributed by atoms with E-state index in [1.54, 1.807) is 36.4 Å². The highest BCUT2D eigenvalue weighted by molar-refractivity contribution is 6.30. The molecule has 0 spiro atoms. The second-order valence-corrected chi connectivity index (χ2v) is 12.6. The zero-order chi connectivity index (χ0) is 35.3. The number of hydrogen-bond acceptors (Lipinski definition) is 9. The number of benzene rings is 3. The van der Waals surface area contributed by atoms with Gasteiger partial charge in [0.05, 0.1) is 26.4 Å². The number of hydrogen-bond donors (Lipinski definition) is 2. The van der Waals surface area contributed by atoms with E-state index in [1.165, 1.54) is 32.1 Å².